The first-order chi connectivity index (χ1) is 18.1. The van der Waals surface area contributed by atoms with Crippen molar-refractivity contribution < 1.29 is 14.3 Å². The van der Waals surface area contributed by atoms with Crippen molar-refractivity contribution >= 4 is 11.8 Å². The van der Waals surface area contributed by atoms with Crippen LogP contribution in [0.5, 0.6) is 5.75 Å². The molecule has 5 rings (SSSR count). The van der Waals surface area contributed by atoms with Gasteiger partial charge in [0.05, 0.1) is 18.6 Å². The van der Waals surface area contributed by atoms with Crippen LogP contribution < -0.4 is 10.1 Å². The number of piperidine rings is 2. The Balaban J connectivity index is 1.12. The third-order valence-electron chi connectivity index (χ3n) is 8.65. The highest BCUT2D eigenvalue weighted by molar-refractivity contribution is 5.83. The molecular weight excluding hydrogens is 466 g/mol. The van der Waals surface area contributed by atoms with Crippen LogP contribution in [0, 0.1) is 5.41 Å². The number of hydrogen-bond acceptors (Lipinski definition) is 5. The number of carbonyl (C=O) groups is 2. The number of hydrogen-bond donors (Lipinski definition) is 2. The largest absolute Gasteiger partial charge is 0.493 e. The predicted octanol–water partition coefficient (Wildman–Crippen LogP) is 3.51. The maximum Gasteiger partial charge on any atom is 0.236 e. The molecule has 0 radical (unpaired) electrons. The summed E-state index contributed by atoms with van der Waals surface area (Å²) in [5, 5.41) is 10.4. The summed E-state index contributed by atoms with van der Waals surface area (Å²) in [6, 6.07) is 10.3. The average molecular weight is 508 g/mol. The lowest BCUT2D eigenvalue weighted by Gasteiger charge is -2.41. The summed E-state index contributed by atoms with van der Waals surface area (Å²) in [6.07, 6.45) is 10.2. The van der Waals surface area contributed by atoms with Gasteiger partial charge in [-0.3, -0.25) is 19.6 Å². The Morgan fingerprint density at radius 1 is 1.03 bits per heavy atom. The molecule has 8 nitrogen and oxygen atoms in total. The molecular formula is C29H41N5O3. The molecule has 2 saturated heterocycles. The number of para-hydroxylation sites is 1. The Morgan fingerprint density at radius 3 is 2.62 bits per heavy atom. The van der Waals surface area contributed by atoms with Gasteiger partial charge in [-0.2, -0.15) is 5.10 Å². The topological polar surface area (TPSA) is 90.6 Å². The summed E-state index contributed by atoms with van der Waals surface area (Å²) in [5.74, 6) is 1.85. The van der Waals surface area contributed by atoms with Crippen LogP contribution in [0.3, 0.4) is 0 Å². The van der Waals surface area contributed by atoms with E-state index in [0.29, 0.717) is 25.6 Å². The lowest BCUT2D eigenvalue weighted by atomic mass is 9.73. The number of H-pyrrole nitrogens is 1. The van der Waals surface area contributed by atoms with Crippen molar-refractivity contribution in [3.63, 3.8) is 0 Å². The van der Waals surface area contributed by atoms with E-state index < -0.39 is 0 Å². The Labute approximate surface area is 220 Å². The lowest BCUT2D eigenvalue weighted by Crippen LogP contribution is -2.51. The molecule has 3 aliphatic heterocycles. The molecule has 200 valence electrons. The molecule has 0 saturated carbocycles. The SMILES string of the molecule is O=C(CN1CCC2(CCCCc3ccccc3OCCCNC2=O)CC1)N1CCC(c2ccn[nH]2)CC1. The van der Waals surface area contributed by atoms with Gasteiger partial charge in [-0.25, -0.2) is 0 Å². The first-order valence-corrected chi connectivity index (χ1v) is 14.1. The predicted molar refractivity (Wildman–Crippen MR) is 142 cm³/mol. The molecule has 2 N–H and O–H groups in total. The van der Waals surface area contributed by atoms with Crippen molar-refractivity contribution in [2.24, 2.45) is 5.41 Å². The second-order valence-electron chi connectivity index (χ2n) is 11.0. The van der Waals surface area contributed by atoms with Gasteiger partial charge in [-0.15, -0.1) is 0 Å². The van der Waals surface area contributed by atoms with Gasteiger partial charge in [0.15, 0.2) is 0 Å². The Kier molecular flexibility index (Phi) is 8.44. The summed E-state index contributed by atoms with van der Waals surface area (Å²) in [7, 11) is 0. The number of nitrogens with zero attached hydrogens (tertiary/aromatic N) is 3. The minimum atomic E-state index is -0.323. The second kappa shape index (κ2) is 12.1. The molecule has 1 aromatic carbocycles. The summed E-state index contributed by atoms with van der Waals surface area (Å²) in [5.41, 5.74) is 2.12. The van der Waals surface area contributed by atoms with Crippen LogP contribution in [0.15, 0.2) is 36.5 Å². The Bertz CT molecular complexity index is 1020. The Hall–Kier alpha value is -2.87. The van der Waals surface area contributed by atoms with E-state index in [9.17, 15) is 9.59 Å². The maximum absolute atomic E-state index is 13.4. The normalized spacial score (nSPS) is 22.2. The zero-order valence-corrected chi connectivity index (χ0v) is 21.9. The zero-order valence-electron chi connectivity index (χ0n) is 21.9. The van der Waals surface area contributed by atoms with Crippen molar-refractivity contribution in [3.8, 4) is 5.75 Å². The van der Waals surface area contributed by atoms with Gasteiger partial charge in [0.1, 0.15) is 5.75 Å². The standard InChI is InChI=1S/C29H41N5O3/c35-27(34-17-10-23(11-18-34)25-9-16-31-32-25)22-33-19-13-29(14-20-33)12-4-3-7-24-6-1-2-8-26(24)37-21-5-15-30-28(29)36/h1-2,6,8-9,16,23H,3-5,7,10-15,17-22H2,(H,30,36)(H,31,32). The molecule has 0 atom stereocenters. The van der Waals surface area contributed by atoms with Crippen LogP contribution in [0.2, 0.25) is 0 Å². The smallest absolute Gasteiger partial charge is 0.236 e. The molecule has 0 aliphatic carbocycles. The fourth-order valence-electron chi connectivity index (χ4n) is 6.23. The second-order valence-corrected chi connectivity index (χ2v) is 11.0. The molecule has 0 unspecified atom stereocenters. The highest BCUT2D eigenvalue weighted by Gasteiger charge is 2.41. The van der Waals surface area contributed by atoms with Gasteiger partial charge < -0.3 is 15.0 Å². The van der Waals surface area contributed by atoms with Gasteiger partial charge in [-0.1, -0.05) is 24.6 Å². The first kappa shape index (κ1) is 25.8. The maximum atomic E-state index is 13.4. The molecule has 0 bridgehead atoms. The van der Waals surface area contributed by atoms with E-state index in [4.69, 9.17) is 4.74 Å². The van der Waals surface area contributed by atoms with E-state index >= 15 is 0 Å². The number of rotatable bonds is 3. The van der Waals surface area contributed by atoms with Gasteiger partial charge >= 0.3 is 0 Å². The quantitative estimate of drug-likeness (QED) is 0.664. The molecule has 2 fully saturated rings. The highest BCUT2D eigenvalue weighted by Crippen LogP contribution is 2.38. The number of likely N-dealkylation sites (tertiary alicyclic amines) is 2. The lowest BCUT2D eigenvalue weighted by molar-refractivity contribution is -0.137. The van der Waals surface area contributed by atoms with E-state index in [2.05, 4.69) is 32.5 Å². The number of fused-ring (bicyclic) bond motifs is 1. The van der Waals surface area contributed by atoms with Gasteiger partial charge in [-0.05, 0) is 82.2 Å². The molecule has 2 amide bonds. The first-order valence-electron chi connectivity index (χ1n) is 14.1. The summed E-state index contributed by atoms with van der Waals surface area (Å²) in [6.45, 7) is 4.91. The Morgan fingerprint density at radius 2 is 1.84 bits per heavy atom. The van der Waals surface area contributed by atoms with E-state index in [1.54, 1.807) is 6.20 Å². The van der Waals surface area contributed by atoms with Crippen LogP contribution in [0.25, 0.3) is 0 Å². The van der Waals surface area contributed by atoms with E-state index in [0.717, 1.165) is 89.7 Å². The summed E-state index contributed by atoms with van der Waals surface area (Å²) >= 11 is 0. The van der Waals surface area contributed by atoms with Crippen molar-refractivity contribution in [1.29, 1.82) is 0 Å². The highest BCUT2D eigenvalue weighted by atomic mass is 16.5. The number of amides is 2. The molecule has 1 aromatic heterocycles. The van der Waals surface area contributed by atoms with Crippen LogP contribution >= 0.6 is 0 Å². The molecule has 37 heavy (non-hydrogen) atoms. The number of aromatic nitrogens is 2. The van der Waals surface area contributed by atoms with Crippen molar-refractivity contribution in [2.75, 3.05) is 45.9 Å². The van der Waals surface area contributed by atoms with Crippen LogP contribution in [-0.4, -0.2) is 77.7 Å². The van der Waals surface area contributed by atoms with E-state index in [-0.39, 0.29) is 17.2 Å². The van der Waals surface area contributed by atoms with E-state index in [1.165, 1.54) is 11.3 Å². The van der Waals surface area contributed by atoms with Crippen LogP contribution in [0.1, 0.15) is 68.5 Å². The third-order valence-corrected chi connectivity index (χ3v) is 8.65. The molecule has 8 heteroatoms. The summed E-state index contributed by atoms with van der Waals surface area (Å²) < 4.78 is 6.00. The molecule has 2 aromatic rings. The number of carbonyl (C=O) groups excluding carboxylic acids is 2. The van der Waals surface area contributed by atoms with Crippen LogP contribution in [-0.2, 0) is 16.0 Å². The number of aromatic amines is 1. The average Bonchev–Trinajstić information content (AvgIpc) is 3.47. The summed E-state index contributed by atoms with van der Waals surface area (Å²) in [4.78, 5) is 30.7. The fraction of sp³-hybridized carbons (Fsp3) is 0.621. The number of ether oxygens (including phenoxy) is 1. The fourth-order valence-corrected chi connectivity index (χ4v) is 6.23. The number of aryl methyl sites for hydroxylation is 1. The monoisotopic (exact) mass is 507 g/mol. The third kappa shape index (κ3) is 6.35. The van der Waals surface area contributed by atoms with Gasteiger partial charge in [0, 0.05) is 37.4 Å². The van der Waals surface area contributed by atoms with Crippen molar-refractivity contribution in [1.82, 2.24) is 25.3 Å². The van der Waals surface area contributed by atoms with Gasteiger partial charge in [0.25, 0.3) is 0 Å². The van der Waals surface area contributed by atoms with Crippen molar-refractivity contribution in [2.45, 2.75) is 63.7 Å². The van der Waals surface area contributed by atoms with Crippen LogP contribution in [0.4, 0.5) is 0 Å². The van der Waals surface area contributed by atoms with E-state index in [1.807, 2.05) is 23.1 Å². The minimum Gasteiger partial charge on any atom is -0.493 e. The van der Waals surface area contributed by atoms with Crippen molar-refractivity contribution in [3.05, 3.63) is 47.8 Å². The number of benzene rings is 1. The minimum absolute atomic E-state index is 0.191. The van der Waals surface area contributed by atoms with Gasteiger partial charge in [0.2, 0.25) is 11.8 Å². The molecule has 4 heterocycles. The molecule has 1 spiro atoms. The zero-order chi connectivity index (χ0) is 25.5. The number of nitrogens with one attached hydrogen (secondary N) is 2. The molecule has 3 aliphatic rings.